The van der Waals surface area contributed by atoms with Gasteiger partial charge in [-0.25, -0.2) is 0 Å². The van der Waals surface area contributed by atoms with Crippen LogP contribution in [0.15, 0.2) is 24.3 Å². The van der Waals surface area contributed by atoms with Crippen molar-refractivity contribution in [2.75, 3.05) is 20.6 Å². The van der Waals surface area contributed by atoms with E-state index in [1.165, 1.54) is 11.1 Å². The Bertz CT molecular complexity index is 357. The number of rotatable bonds is 5. The highest BCUT2D eigenvalue weighted by molar-refractivity contribution is 5.77. The van der Waals surface area contributed by atoms with Crippen LogP contribution in [0.1, 0.15) is 30.9 Å². The van der Waals surface area contributed by atoms with E-state index in [1.54, 1.807) is 11.9 Å². The van der Waals surface area contributed by atoms with Crippen LogP contribution in [0.4, 0.5) is 0 Å². The highest BCUT2D eigenvalue weighted by Gasteiger charge is 2.07. The Balaban J connectivity index is 2.60. The molecule has 0 aliphatic heterocycles. The van der Waals surface area contributed by atoms with Crippen molar-refractivity contribution in [3.63, 3.8) is 0 Å². The Morgan fingerprint density at radius 3 is 2.35 bits per heavy atom. The second kappa shape index (κ2) is 6.40. The summed E-state index contributed by atoms with van der Waals surface area (Å²) in [6.45, 7) is 5.41. The number of likely N-dealkylation sites (N-methyl/N-ethyl adjacent to an activating group) is 2. The van der Waals surface area contributed by atoms with Crippen molar-refractivity contribution in [1.82, 2.24) is 10.2 Å². The van der Waals surface area contributed by atoms with Gasteiger partial charge >= 0.3 is 0 Å². The Morgan fingerprint density at radius 2 is 1.88 bits per heavy atom. The molecule has 0 atom stereocenters. The van der Waals surface area contributed by atoms with Gasteiger partial charge in [0.1, 0.15) is 0 Å². The highest BCUT2D eigenvalue weighted by Crippen LogP contribution is 2.15. The zero-order chi connectivity index (χ0) is 12.8. The molecule has 0 bridgehead atoms. The summed E-state index contributed by atoms with van der Waals surface area (Å²) in [5.74, 6) is 0.660. The highest BCUT2D eigenvalue weighted by atomic mass is 16.2. The van der Waals surface area contributed by atoms with E-state index in [0.29, 0.717) is 19.0 Å². The summed E-state index contributed by atoms with van der Waals surface area (Å²) in [5.41, 5.74) is 2.50. The van der Waals surface area contributed by atoms with E-state index >= 15 is 0 Å². The molecule has 3 heteroatoms. The van der Waals surface area contributed by atoms with E-state index in [1.807, 2.05) is 7.05 Å². The van der Waals surface area contributed by atoms with Crippen molar-refractivity contribution in [3.8, 4) is 0 Å². The summed E-state index contributed by atoms with van der Waals surface area (Å²) >= 11 is 0. The number of nitrogens with one attached hydrogen (secondary N) is 1. The van der Waals surface area contributed by atoms with E-state index in [0.717, 1.165) is 0 Å². The van der Waals surface area contributed by atoms with E-state index in [2.05, 4.69) is 43.4 Å². The fourth-order valence-electron chi connectivity index (χ4n) is 1.66. The molecular formula is C14H22N2O. The number of carbonyl (C=O) groups is 1. The van der Waals surface area contributed by atoms with E-state index in [-0.39, 0.29) is 5.91 Å². The Labute approximate surface area is 104 Å². The summed E-state index contributed by atoms with van der Waals surface area (Å²) in [4.78, 5) is 13.3. The van der Waals surface area contributed by atoms with Gasteiger partial charge in [0.05, 0.1) is 6.54 Å². The van der Waals surface area contributed by atoms with Gasteiger partial charge in [0.15, 0.2) is 0 Å². The molecule has 0 aliphatic rings. The molecule has 1 aromatic carbocycles. The number of benzene rings is 1. The van der Waals surface area contributed by atoms with Gasteiger partial charge in [-0.15, -0.1) is 0 Å². The molecule has 94 valence electrons. The topological polar surface area (TPSA) is 32.3 Å². The standard InChI is InChI=1S/C14H22N2O/c1-11(2)13-7-5-12(6-8-13)10-16(4)14(17)9-15-3/h5-8,11,15H,9-10H2,1-4H3. The smallest absolute Gasteiger partial charge is 0.236 e. The monoisotopic (exact) mass is 234 g/mol. The van der Waals surface area contributed by atoms with Crippen LogP contribution in [0.3, 0.4) is 0 Å². The molecule has 1 amide bonds. The van der Waals surface area contributed by atoms with Gasteiger partial charge in [0.2, 0.25) is 5.91 Å². The Morgan fingerprint density at radius 1 is 1.29 bits per heavy atom. The Hall–Kier alpha value is -1.35. The third-order valence-electron chi connectivity index (χ3n) is 2.82. The van der Waals surface area contributed by atoms with Crippen LogP contribution >= 0.6 is 0 Å². The van der Waals surface area contributed by atoms with Crippen molar-refractivity contribution in [2.45, 2.75) is 26.3 Å². The van der Waals surface area contributed by atoms with Crippen molar-refractivity contribution in [3.05, 3.63) is 35.4 Å². The fourth-order valence-corrected chi connectivity index (χ4v) is 1.66. The van der Waals surface area contributed by atoms with Crippen molar-refractivity contribution in [1.29, 1.82) is 0 Å². The zero-order valence-corrected chi connectivity index (χ0v) is 11.2. The molecule has 0 saturated carbocycles. The van der Waals surface area contributed by atoms with Crippen LogP contribution < -0.4 is 5.32 Å². The summed E-state index contributed by atoms with van der Waals surface area (Å²) < 4.78 is 0. The van der Waals surface area contributed by atoms with Gasteiger partial charge in [-0.2, -0.15) is 0 Å². The molecule has 1 aromatic rings. The summed E-state index contributed by atoms with van der Waals surface area (Å²) in [7, 11) is 3.61. The molecule has 1 N–H and O–H groups in total. The van der Waals surface area contributed by atoms with Crippen LogP contribution in [-0.2, 0) is 11.3 Å². The number of hydrogen-bond acceptors (Lipinski definition) is 2. The van der Waals surface area contributed by atoms with E-state index in [9.17, 15) is 4.79 Å². The second-order valence-corrected chi connectivity index (χ2v) is 4.68. The minimum atomic E-state index is 0.112. The first-order valence-electron chi connectivity index (χ1n) is 6.02. The minimum Gasteiger partial charge on any atom is -0.340 e. The van der Waals surface area contributed by atoms with Crippen LogP contribution in [0.2, 0.25) is 0 Å². The molecule has 0 aliphatic carbocycles. The number of nitrogens with zero attached hydrogens (tertiary/aromatic N) is 1. The molecule has 0 radical (unpaired) electrons. The maximum atomic E-state index is 11.6. The van der Waals surface area contributed by atoms with Crippen LogP contribution in [-0.4, -0.2) is 31.4 Å². The first kappa shape index (κ1) is 13.7. The zero-order valence-electron chi connectivity index (χ0n) is 11.2. The van der Waals surface area contributed by atoms with Crippen molar-refractivity contribution < 1.29 is 4.79 Å². The number of hydrogen-bond donors (Lipinski definition) is 1. The number of carbonyl (C=O) groups excluding carboxylic acids is 1. The molecule has 1 rings (SSSR count). The predicted molar refractivity (Wildman–Crippen MR) is 70.9 cm³/mol. The molecular weight excluding hydrogens is 212 g/mol. The van der Waals surface area contributed by atoms with Gasteiger partial charge < -0.3 is 10.2 Å². The molecule has 3 nitrogen and oxygen atoms in total. The molecule has 0 unspecified atom stereocenters. The van der Waals surface area contributed by atoms with Gasteiger partial charge in [0.25, 0.3) is 0 Å². The first-order valence-corrected chi connectivity index (χ1v) is 6.02. The van der Waals surface area contributed by atoms with E-state index < -0.39 is 0 Å². The Kier molecular flexibility index (Phi) is 5.16. The minimum absolute atomic E-state index is 0.112. The largest absolute Gasteiger partial charge is 0.340 e. The lowest BCUT2D eigenvalue weighted by molar-refractivity contribution is -0.129. The van der Waals surface area contributed by atoms with Crippen molar-refractivity contribution in [2.24, 2.45) is 0 Å². The van der Waals surface area contributed by atoms with E-state index in [4.69, 9.17) is 0 Å². The second-order valence-electron chi connectivity index (χ2n) is 4.68. The average molecular weight is 234 g/mol. The normalized spacial score (nSPS) is 10.6. The third-order valence-corrected chi connectivity index (χ3v) is 2.82. The van der Waals surface area contributed by atoms with Gasteiger partial charge in [-0.05, 0) is 24.1 Å². The maximum Gasteiger partial charge on any atom is 0.236 e. The number of amides is 1. The van der Waals surface area contributed by atoms with Crippen molar-refractivity contribution >= 4 is 5.91 Å². The molecule has 0 fully saturated rings. The van der Waals surface area contributed by atoms with Crippen LogP contribution in [0.5, 0.6) is 0 Å². The average Bonchev–Trinajstić information content (AvgIpc) is 2.30. The third kappa shape index (κ3) is 4.19. The van der Waals surface area contributed by atoms with Crippen LogP contribution in [0, 0.1) is 0 Å². The van der Waals surface area contributed by atoms with Gasteiger partial charge in [-0.3, -0.25) is 4.79 Å². The molecule has 0 heterocycles. The first-order chi connectivity index (χ1) is 8.04. The van der Waals surface area contributed by atoms with Gasteiger partial charge in [-0.1, -0.05) is 38.1 Å². The summed E-state index contributed by atoms with van der Waals surface area (Å²) in [6, 6.07) is 8.46. The lowest BCUT2D eigenvalue weighted by atomic mass is 10.0. The lowest BCUT2D eigenvalue weighted by Crippen LogP contribution is -2.33. The summed E-state index contributed by atoms with van der Waals surface area (Å²) in [5, 5.41) is 2.87. The fraction of sp³-hybridized carbons (Fsp3) is 0.500. The summed E-state index contributed by atoms with van der Waals surface area (Å²) in [6.07, 6.45) is 0. The molecule has 0 saturated heterocycles. The lowest BCUT2D eigenvalue weighted by Gasteiger charge is -2.17. The van der Waals surface area contributed by atoms with Gasteiger partial charge in [0, 0.05) is 13.6 Å². The van der Waals surface area contributed by atoms with Crippen LogP contribution in [0.25, 0.3) is 0 Å². The maximum absolute atomic E-state index is 11.6. The molecule has 0 aromatic heterocycles. The SMILES string of the molecule is CNCC(=O)N(C)Cc1ccc(C(C)C)cc1. The predicted octanol–water partition coefficient (Wildman–Crippen LogP) is 1.99. The molecule has 0 spiro atoms. The quantitative estimate of drug-likeness (QED) is 0.845. The molecule has 17 heavy (non-hydrogen) atoms.